The largest absolute Gasteiger partial charge is 0.493 e. The van der Waals surface area contributed by atoms with Gasteiger partial charge in [0.15, 0.2) is 5.75 Å². The van der Waals surface area contributed by atoms with Crippen LogP contribution in [-0.2, 0) is 0 Å². The highest BCUT2D eigenvalue weighted by Crippen LogP contribution is 2.31. The number of aliphatic hydroxyl groups is 1. The van der Waals surface area contributed by atoms with Gasteiger partial charge in [-0.2, -0.15) is 5.10 Å². The molecule has 0 amide bonds. The Morgan fingerprint density at radius 3 is 2.88 bits per heavy atom. The summed E-state index contributed by atoms with van der Waals surface area (Å²) in [4.78, 5) is 0. The van der Waals surface area contributed by atoms with E-state index in [-0.39, 0.29) is 12.1 Å². The summed E-state index contributed by atoms with van der Waals surface area (Å²) in [6.45, 7) is 5.06. The molecule has 2 heterocycles. The van der Waals surface area contributed by atoms with Crippen molar-refractivity contribution >= 4 is 0 Å². The minimum Gasteiger partial charge on any atom is -0.493 e. The summed E-state index contributed by atoms with van der Waals surface area (Å²) in [5, 5.41) is 18.0. The number of hydrogen-bond acceptors (Lipinski definition) is 4. The van der Waals surface area contributed by atoms with Crippen molar-refractivity contribution in [3.05, 3.63) is 11.9 Å². The van der Waals surface area contributed by atoms with Gasteiger partial charge in [-0.3, -0.25) is 4.68 Å². The fourth-order valence-corrected chi connectivity index (χ4v) is 2.38. The van der Waals surface area contributed by atoms with Gasteiger partial charge >= 0.3 is 0 Å². The Kier molecular flexibility index (Phi) is 3.69. The van der Waals surface area contributed by atoms with E-state index in [1.54, 1.807) is 13.3 Å². The lowest BCUT2D eigenvalue weighted by Crippen LogP contribution is -2.30. The second-order valence-corrected chi connectivity index (χ2v) is 4.78. The van der Waals surface area contributed by atoms with Gasteiger partial charge in [0.2, 0.25) is 0 Å². The molecule has 1 aromatic heterocycles. The topological polar surface area (TPSA) is 59.3 Å². The number of rotatable bonds is 4. The molecule has 2 atom stereocenters. The fraction of sp³-hybridized carbons (Fsp3) is 0.750. The van der Waals surface area contributed by atoms with Gasteiger partial charge < -0.3 is 15.2 Å². The molecule has 1 fully saturated rings. The van der Waals surface area contributed by atoms with Gasteiger partial charge in [0.25, 0.3) is 0 Å². The molecule has 96 valence electrons. The van der Waals surface area contributed by atoms with E-state index in [4.69, 9.17) is 4.74 Å². The zero-order chi connectivity index (χ0) is 12.4. The highest BCUT2D eigenvalue weighted by molar-refractivity contribution is 5.29. The zero-order valence-electron chi connectivity index (χ0n) is 10.7. The maximum atomic E-state index is 10.4. The smallest absolute Gasteiger partial charge is 0.162 e. The third kappa shape index (κ3) is 2.30. The van der Waals surface area contributed by atoms with Crippen molar-refractivity contribution in [3.63, 3.8) is 0 Å². The molecule has 1 aromatic rings. The van der Waals surface area contributed by atoms with Gasteiger partial charge in [0.1, 0.15) is 11.8 Å². The fourth-order valence-electron chi connectivity index (χ4n) is 2.38. The van der Waals surface area contributed by atoms with E-state index in [0.717, 1.165) is 25.1 Å². The van der Waals surface area contributed by atoms with E-state index in [9.17, 15) is 5.11 Å². The molecule has 0 bridgehead atoms. The first-order valence-electron chi connectivity index (χ1n) is 6.18. The van der Waals surface area contributed by atoms with Crippen LogP contribution in [0, 0.1) is 0 Å². The standard InChI is InChI=1S/C12H21N3O2/c1-8(2)15-11(10(17-3)7-14-15)12(16)9-5-4-6-13-9/h7-9,12-13,16H,4-6H2,1-3H3. The van der Waals surface area contributed by atoms with Gasteiger partial charge in [-0.25, -0.2) is 0 Å². The molecular weight excluding hydrogens is 218 g/mol. The molecule has 1 aliphatic rings. The van der Waals surface area contributed by atoms with E-state index < -0.39 is 6.10 Å². The Morgan fingerprint density at radius 1 is 1.59 bits per heavy atom. The first kappa shape index (κ1) is 12.4. The molecular formula is C12H21N3O2. The number of aromatic nitrogens is 2. The SMILES string of the molecule is COc1cnn(C(C)C)c1C(O)C1CCCN1. The summed E-state index contributed by atoms with van der Waals surface area (Å²) in [6, 6.07) is 0.322. The average molecular weight is 239 g/mol. The van der Waals surface area contributed by atoms with Crippen LogP contribution < -0.4 is 10.1 Å². The lowest BCUT2D eigenvalue weighted by Gasteiger charge is -2.22. The lowest BCUT2D eigenvalue weighted by molar-refractivity contribution is 0.122. The van der Waals surface area contributed by atoms with Crippen LogP contribution in [0.2, 0.25) is 0 Å². The van der Waals surface area contributed by atoms with Gasteiger partial charge in [0.05, 0.1) is 13.3 Å². The Morgan fingerprint density at radius 2 is 2.35 bits per heavy atom. The minimum atomic E-state index is -0.558. The summed E-state index contributed by atoms with van der Waals surface area (Å²) in [6.07, 6.45) is 3.22. The molecule has 1 saturated heterocycles. The number of methoxy groups -OCH3 is 1. The Labute approximate surface area is 102 Å². The normalized spacial score (nSPS) is 22.1. The summed E-state index contributed by atoms with van der Waals surface area (Å²) in [5.41, 5.74) is 0.780. The summed E-state index contributed by atoms with van der Waals surface area (Å²) >= 11 is 0. The van der Waals surface area contributed by atoms with Gasteiger partial charge in [-0.15, -0.1) is 0 Å². The third-order valence-corrected chi connectivity index (χ3v) is 3.27. The predicted molar refractivity (Wildman–Crippen MR) is 65.1 cm³/mol. The monoisotopic (exact) mass is 239 g/mol. The molecule has 5 heteroatoms. The highest BCUT2D eigenvalue weighted by atomic mass is 16.5. The van der Waals surface area contributed by atoms with Crippen LogP contribution in [0.5, 0.6) is 5.75 Å². The quantitative estimate of drug-likeness (QED) is 0.830. The van der Waals surface area contributed by atoms with E-state index >= 15 is 0 Å². The van der Waals surface area contributed by atoms with Crippen molar-refractivity contribution in [1.29, 1.82) is 0 Å². The summed E-state index contributed by atoms with van der Waals surface area (Å²) in [5.74, 6) is 0.667. The first-order valence-corrected chi connectivity index (χ1v) is 6.18. The van der Waals surface area contributed by atoms with E-state index in [1.807, 2.05) is 18.5 Å². The van der Waals surface area contributed by atoms with E-state index in [2.05, 4.69) is 10.4 Å². The minimum absolute atomic E-state index is 0.109. The number of nitrogens with one attached hydrogen (secondary N) is 1. The van der Waals surface area contributed by atoms with Gasteiger partial charge in [0, 0.05) is 12.1 Å². The van der Waals surface area contributed by atoms with Gasteiger partial charge in [-0.05, 0) is 33.2 Å². The van der Waals surface area contributed by atoms with Crippen LogP contribution in [0.15, 0.2) is 6.20 Å². The van der Waals surface area contributed by atoms with Crippen molar-refractivity contribution in [2.75, 3.05) is 13.7 Å². The third-order valence-electron chi connectivity index (χ3n) is 3.27. The van der Waals surface area contributed by atoms with E-state index in [1.165, 1.54) is 0 Å². The van der Waals surface area contributed by atoms with Crippen LogP contribution in [0.3, 0.4) is 0 Å². The van der Waals surface area contributed by atoms with Gasteiger partial charge in [-0.1, -0.05) is 0 Å². The molecule has 0 saturated carbocycles. The summed E-state index contributed by atoms with van der Waals surface area (Å²) < 4.78 is 7.12. The lowest BCUT2D eigenvalue weighted by atomic mass is 10.1. The van der Waals surface area contributed by atoms with Crippen molar-refractivity contribution in [2.45, 2.75) is 44.9 Å². The molecule has 0 aromatic carbocycles. The first-order chi connectivity index (χ1) is 8.15. The highest BCUT2D eigenvalue weighted by Gasteiger charge is 2.30. The molecule has 0 spiro atoms. The van der Waals surface area contributed by atoms with Crippen LogP contribution in [0.4, 0.5) is 0 Å². The van der Waals surface area contributed by atoms with Crippen LogP contribution in [0.1, 0.15) is 44.5 Å². The van der Waals surface area contributed by atoms with Crippen molar-refractivity contribution in [1.82, 2.24) is 15.1 Å². The number of ether oxygens (including phenoxy) is 1. The second kappa shape index (κ2) is 5.06. The van der Waals surface area contributed by atoms with Crippen LogP contribution in [0.25, 0.3) is 0 Å². The van der Waals surface area contributed by atoms with Crippen molar-refractivity contribution < 1.29 is 9.84 Å². The molecule has 0 aliphatic carbocycles. The predicted octanol–water partition coefficient (Wildman–Crippen LogP) is 1.26. The molecule has 0 radical (unpaired) electrons. The average Bonchev–Trinajstić information content (AvgIpc) is 2.96. The maximum Gasteiger partial charge on any atom is 0.162 e. The molecule has 1 aliphatic heterocycles. The Balaban J connectivity index is 2.30. The van der Waals surface area contributed by atoms with E-state index in [0.29, 0.717) is 5.75 Å². The van der Waals surface area contributed by atoms with Crippen LogP contribution in [-0.4, -0.2) is 34.6 Å². The Bertz CT molecular complexity index is 370. The second-order valence-electron chi connectivity index (χ2n) is 4.78. The van der Waals surface area contributed by atoms with Crippen molar-refractivity contribution in [3.8, 4) is 5.75 Å². The molecule has 17 heavy (non-hydrogen) atoms. The maximum absolute atomic E-state index is 10.4. The molecule has 2 N–H and O–H groups in total. The molecule has 5 nitrogen and oxygen atoms in total. The van der Waals surface area contributed by atoms with Crippen LogP contribution >= 0.6 is 0 Å². The number of aliphatic hydroxyl groups excluding tert-OH is 1. The zero-order valence-corrected chi connectivity index (χ0v) is 10.7. The molecule has 2 rings (SSSR count). The number of nitrogens with zero attached hydrogens (tertiary/aromatic N) is 2. The number of hydrogen-bond donors (Lipinski definition) is 2. The Hall–Kier alpha value is -1.07. The van der Waals surface area contributed by atoms with Crippen molar-refractivity contribution in [2.24, 2.45) is 0 Å². The molecule has 2 unspecified atom stereocenters. The summed E-state index contributed by atoms with van der Waals surface area (Å²) in [7, 11) is 1.61.